The number of amides is 2. The number of aromatic nitrogens is 3. The molecule has 2 N–H and O–H groups in total. The minimum atomic E-state index is -4.47. The van der Waals surface area contributed by atoms with Crippen molar-refractivity contribution in [1.29, 1.82) is 0 Å². The van der Waals surface area contributed by atoms with Crippen LogP contribution < -0.4 is 15.4 Å². The van der Waals surface area contributed by atoms with Gasteiger partial charge in [-0.1, -0.05) is 29.5 Å². The second-order valence-corrected chi connectivity index (χ2v) is 12.7. The number of rotatable bonds is 7. The molecule has 0 aliphatic carbocycles. The maximum atomic E-state index is 13.2. The highest BCUT2D eigenvalue weighted by Gasteiger charge is 2.30. The van der Waals surface area contributed by atoms with E-state index < -0.39 is 17.3 Å². The minimum absolute atomic E-state index is 0.0879. The fourth-order valence-corrected chi connectivity index (χ4v) is 5.75. The van der Waals surface area contributed by atoms with Gasteiger partial charge in [-0.25, -0.2) is 14.8 Å². The lowest BCUT2D eigenvalue weighted by Gasteiger charge is -2.34. The van der Waals surface area contributed by atoms with Crippen LogP contribution >= 0.6 is 11.3 Å². The van der Waals surface area contributed by atoms with Crippen molar-refractivity contribution in [3.63, 3.8) is 0 Å². The van der Waals surface area contributed by atoms with E-state index in [-0.39, 0.29) is 29.7 Å². The molecule has 14 heteroatoms. The quantitative estimate of drug-likeness (QED) is 0.212. The van der Waals surface area contributed by atoms with Gasteiger partial charge in [-0.05, 0) is 63.8 Å². The van der Waals surface area contributed by atoms with Gasteiger partial charge in [0.25, 0.3) is 0 Å². The lowest BCUT2D eigenvalue weighted by Crippen LogP contribution is -2.44. The van der Waals surface area contributed by atoms with E-state index in [4.69, 9.17) is 9.47 Å². The number of nitrogens with one attached hydrogen (secondary N) is 2. The van der Waals surface area contributed by atoms with Crippen LogP contribution in [0.4, 0.5) is 29.0 Å². The second kappa shape index (κ2) is 12.9. The van der Waals surface area contributed by atoms with Crippen LogP contribution in [-0.2, 0) is 15.7 Å². The first-order valence-corrected chi connectivity index (χ1v) is 15.2. The van der Waals surface area contributed by atoms with Crippen molar-refractivity contribution in [2.75, 3.05) is 30.3 Å². The molecule has 2 aromatic heterocycles. The summed E-state index contributed by atoms with van der Waals surface area (Å²) in [4.78, 5) is 39.5. The molecule has 0 saturated carbocycles. The van der Waals surface area contributed by atoms with Crippen LogP contribution in [0.15, 0.2) is 48.5 Å². The standard InChI is InChI=1S/C31H33F3N6O4S/c1-18(41)36-28-39-26-23(8-5-9-24(26)45-28)43-25-15-22(20-10-12-21(13-11-20)31(32,33)34)37-27(38-25)35-16-19-7-6-14-40(17-19)29(42)44-30(2,3)4/h5,8-13,15,19H,6-7,14,16-17H2,1-4H3,(H,35,37,38)(H,36,39,41). The molecule has 238 valence electrons. The Morgan fingerprint density at radius 1 is 1.07 bits per heavy atom. The minimum Gasteiger partial charge on any atom is -0.444 e. The van der Waals surface area contributed by atoms with E-state index in [1.807, 2.05) is 26.8 Å². The van der Waals surface area contributed by atoms with Gasteiger partial charge in [0.15, 0.2) is 10.9 Å². The van der Waals surface area contributed by atoms with Gasteiger partial charge in [-0.15, -0.1) is 0 Å². The van der Waals surface area contributed by atoms with Crippen molar-refractivity contribution < 1.29 is 32.2 Å². The number of carbonyl (C=O) groups is 2. The van der Waals surface area contributed by atoms with E-state index in [1.165, 1.54) is 30.4 Å². The molecule has 0 radical (unpaired) electrons. The first-order chi connectivity index (χ1) is 21.2. The molecule has 2 aromatic carbocycles. The molecule has 3 heterocycles. The molecule has 1 saturated heterocycles. The van der Waals surface area contributed by atoms with E-state index >= 15 is 0 Å². The zero-order valence-electron chi connectivity index (χ0n) is 25.2. The van der Waals surface area contributed by atoms with Gasteiger partial charge in [0.1, 0.15) is 11.1 Å². The number of thiazole rings is 1. The Morgan fingerprint density at radius 3 is 2.51 bits per heavy atom. The molecule has 45 heavy (non-hydrogen) atoms. The van der Waals surface area contributed by atoms with Crippen molar-refractivity contribution in [2.45, 2.75) is 52.3 Å². The number of para-hydroxylation sites is 1. The van der Waals surface area contributed by atoms with Crippen LogP contribution in [0.5, 0.6) is 11.6 Å². The van der Waals surface area contributed by atoms with Crippen LogP contribution in [-0.4, -0.2) is 57.1 Å². The highest BCUT2D eigenvalue weighted by molar-refractivity contribution is 7.22. The molecule has 10 nitrogen and oxygen atoms in total. The van der Waals surface area contributed by atoms with Crippen molar-refractivity contribution in [1.82, 2.24) is 19.9 Å². The van der Waals surface area contributed by atoms with Crippen LogP contribution in [0, 0.1) is 5.92 Å². The largest absolute Gasteiger partial charge is 0.444 e. The SMILES string of the molecule is CC(=O)Nc1nc2c(Oc3cc(-c4ccc(C(F)(F)F)cc4)nc(NCC4CCCN(C(=O)OC(C)(C)C)C4)n3)cccc2s1. The summed E-state index contributed by atoms with van der Waals surface area (Å²) in [6.07, 6.45) is -3.15. The third kappa shape index (κ3) is 8.38. The number of halogens is 3. The average Bonchev–Trinajstić information content (AvgIpc) is 3.38. The number of alkyl halides is 3. The highest BCUT2D eigenvalue weighted by Crippen LogP contribution is 2.36. The predicted molar refractivity (Wildman–Crippen MR) is 165 cm³/mol. The van der Waals surface area contributed by atoms with Crippen LogP contribution in [0.3, 0.4) is 0 Å². The molecule has 1 unspecified atom stereocenters. The van der Waals surface area contributed by atoms with Gasteiger partial charge in [-0.2, -0.15) is 18.2 Å². The van der Waals surface area contributed by atoms with E-state index in [0.29, 0.717) is 47.3 Å². The van der Waals surface area contributed by atoms with E-state index in [2.05, 4.69) is 25.6 Å². The first-order valence-electron chi connectivity index (χ1n) is 14.4. The summed E-state index contributed by atoms with van der Waals surface area (Å²) >= 11 is 1.29. The summed E-state index contributed by atoms with van der Waals surface area (Å²) in [5, 5.41) is 6.32. The van der Waals surface area contributed by atoms with E-state index in [9.17, 15) is 22.8 Å². The number of piperidine rings is 1. The highest BCUT2D eigenvalue weighted by atomic mass is 32.1. The average molecular weight is 643 g/mol. The fourth-order valence-electron chi connectivity index (χ4n) is 4.82. The zero-order chi connectivity index (χ0) is 32.4. The summed E-state index contributed by atoms with van der Waals surface area (Å²) in [7, 11) is 0. The molecule has 4 aromatic rings. The van der Waals surface area contributed by atoms with E-state index in [1.54, 1.807) is 23.1 Å². The maximum Gasteiger partial charge on any atom is 0.416 e. The van der Waals surface area contributed by atoms with Gasteiger partial charge in [0.05, 0.1) is 16.0 Å². The number of anilines is 2. The first kappa shape index (κ1) is 31.9. The Labute approximate surface area is 262 Å². The van der Waals surface area contributed by atoms with Crippen molar-refractivity contribution in [3.05, 3.63) is 54.1 Å². The number of ether oxygens (including phenoxy) is 2. The molecule has 2 amide bonds. The Morgan fingerprint density at radius 2 is 1.82 bits per heavy atom. The molecular weight excluding hydrogens is 609 g/mol. The number of nitrogens with zero attached hydrogens (tertiary/aromatic N) is 4. The summed E-state index contributed by atoms with van der Waals surface area (Å²) in [6, 6.07) is 11.6. The van der Waals surface area contributed by atoms with Crippen molar-refractivity contribution in [3.8, 4) is 22.9 Å². The smallest absolute Gasteiger partial charge is 0.416 e. The van der Waals surface area contributed by atoms with E-state index in [0.717, 1.165) is 29.7 Å². The molecule has 1 aliphatic rings. The number of benzene rings is 2. The second-order valence-electron chi connectivity index (χ2n) is 11.7. The Kier molecular flexibility index (Phi) is 9.14. The van der Waals surface area contributed by atoms with Gasteiger partial charge in [0.2, 0.25) is 17.7 Å². The molecule has 0 bridgehead atoms. The summed E-state index contributed by atoms with van der Waals surface area (Å²) in [5.41, 5.74) is -0.0711. The molecular formula is C31H33F3N6O4S. The molecule has 1 atom stereocenters. The fraction of sp³-hybridized carbons (Fsp3) is 0.387. The van der Waals surface area contributed by atoms with Gasteiger partial charge >= 0.3 is 12.3 Å². The number of fused-ring (bicyclic) bond motifs is 1. The van der Waals surface area contributed by atoms with Crippen LogP contribution in [0.25, 0.3) is 21.5 Å². The van der Waals surface area contributed by atoms with Crippen molar-refractivity contribution in [2.24, 2.45) is 5.92 Å². The zero-order valence-corrected chi connectivity index (χ0v) is 26.0. The van der Waals surface area contributed by atoms with Crippen LogP contribution in [0.1, 0.15) is 46.1 Å². The maximum absolute atomic E-state index is 13.2. The van der Waals surface area contributed by atoms with Crippen molar-refractivity contribution >= 4 is 44.6 Å². The Bertz CT molecular complexity index is 1690. The third-order valence-electron chi connectivity index (χ3n) is 6.81. The predicted octanol–water partition coefficient (Wildman–Crippen LogP) is 7.58. The lowest BCUT2D eigenvalue weighted by molar-refractivity contribution is -0.137. The number of hydrogen-bond acceptors (Lipinski definition) is 9. The summed E-state index contributed by atoms with van der Waals surface area (Å²) in [6.45, 7) is 8.41. The van der Waals surface area contributed by atoms with Gasteiger partial charge in [-0.3, -0.25) is 4.79 Å². The molecule has 0 spiro atoms. The lowest BCUT2D eigenvalue weighted by atomic mass is 9.98. The normalized spacial score (nSPS) is 15.5. The topological polar surface area (TPSA) is 119 Å². The third-order valence-corrected chi connectivity index (χ3v) is 7.75. The molecule has 1 aliphatic heterocycles. The van der Waals surface area contributed by atoms with Gasteiger partial charge < -0.3 is 25.0 Å². The number of hydrogen-bond donors (Lipinski definition) is 2. The summed E-state index contributed by atoms with van der Waals surface area (Å²) < 4.78 is 52.1. The number of likely N-dealkylation sites (tertiary alicyclic amines) is 1. The number of carbonyl (C=O) groups excluding carboxylic acids is 2. The Balaban J connectivity index is 1.41. The molecule has 1 fully saturated rings. The Hall–Kier alpha value is -4.46. The van der Waals surface area contributed by atoms with Gasteiger partial charge in [0, 0.05) is 38.2 Å². The summed E-state index contributed by atoms with van der Waals surface area (Å²) in [5.74, 6) is 0.564. The molecule has 5 rings (SSSR count). The monoisotopic (exact) mass is 642 g/mol. The van der Waals surface area contributed by atoms with Crippen LogP contribution in [0.2, 0.25) is 0 Å².